The topological polar surface area (TPSA) is 108 Å². The maximum absolute atomic E-state index is 12.3. The summed E-state index contributed by atoms with van der Waals surface area (Å²) in [6, 6.07) is 5.45. The van der Waals surface area contributed by atoms with E-state index in [1.807, 2.05) is 25.1 Å². The smallest absolute Gasteiger partial charge is 0.354 e. The number of H-pyrrole nitrogens is 1. The molecule has 3 rings (SSSR count). The molecule has 2 aromatic rings. The molecule has 22 heavy (non-hydrogen) atoms. The number of imidazole rings is 1. The van der Waals surface area contributed by atoms with E-state index in [4.69, 9.17) is 5.11 Å². The molecule has 1 unspecified atom stereocenters. The highest BCUT2D eigenvalue weighted by atomic mass is 16.4. The number of carboxylic acids is 1. The minimum atomic E-state index is -1.21. The van der Waals surface area contributed by atoms with E-state index in [0.29, 0.717) is 5.92 Å². The van der Waals surface area contributed by atoms with E-state index in [2.05, 4.69) is 20.3 Å². The van der Waals surface area contributed by atoms with Gasteiger partial charge < -0.3 is 15.4 Å². The lowest BCUT2D eigenvalue weighted by Crippen LogP contribution is -2.32. The standard InChI is InChI=1S/C15H16N4O3/c1-8-3-2-4-10(18-8)11(9-5-6-9)19-14(20)12-13(15(21)22)17-7-16-12/h2-4,7,9,11H,5-6H2,1H3,(H,16,17)(H,19,20)(H,21,22). The molecule has 1 aliphatic rings. The van der Waals surface area contributed by atoms with Gasteiger partial charge in [0.2, 0.25) is 0 Å². The average molecular weight is 300 g/mol. The summed E-state index contributed by atoms with van der Waals surface area (Å²) in [6.45, 7) is 1.89. The summed E-state index contributed by atoms with van der Waals surface area (Å²) < 4.78 is 0. The van der Waals surface area contributed by atoms with E-state index < -0.39 is 11.9 Å². The second-order valence-corrected chi connectivity index (χ2v) is 5.42. The van der Waals surface area contributed by atoms with Crippen LogP contribution in [0.3, 0.4) is 0 Å². The van der Waals surface area contributed by atoms with Crippen LogP contribution in [0.5, 0.6) is 0 Å². The zero-order chi connectivity index (χ0) is 15.7. The summed E-state index contributed by atoms with van der Waals surface area (Å²) in [5.74, 6) is -1.37. The van der Waals surface area contributed by atoms with E-state index in [-0.39, 0.29) is 17.4 Å². The van der Waals surface area contributed by atoms with Crippen molar-refractivity contribution in [2.45, 2.75) is 25.8 Å². The van der Waals surface area contributed by atoms with Crippen LogP contribution in [0.1, 0.15) is 51.2 Å². The molecule has 0 bridgehead atoms. The Labute approximate surface area is 126 Å². The van der Waals surface area contributed by atoms with Crippen LogP contribution in [0.25, 0.3) is 0 Å². The fourth-order valence-electron chi connectivity index (χ4n) is 2.44. The third-order valence-corrected chi connectivity index (χ3v) is 3.68. The van der Waals surface area contributed by atoms with Crippen LogP contribution in [-0.4, -0.2) is 31.9 Å². The minimum absolute atomic E-state index is 0.106. The maximum atomic E-state index is 12.3. The van der Waals surface area contributed by atoms with Gasteiger partial charge in [-0.05, 0) is 37.8 Å². The number of nitrogens with zero attached hydrogens (tertiary/aromatic N) is 2. The van der Waals surface area contributed by atoms with Crippen molar-refractivity contribution in [3.05, 3.63) is 47.3 Å². The summed E-state index contributed by atoms with van der Waals surface area (Å²) in [7, 11) is 0. The molecule has 1 atom stereocenters. The lowest BCUT2D eigenvalue weighted by atomic mass is 10.1. The molecule has 7 nitrogen and oxygen atoms in total. The first-order valence-electron chi connectivity index (χ1n) is 7.07. The zero-order valence-electron chi connectivity index (χ0n) is 12.0. The zero-order valence-corrected chi connectivity index (χ0v) is 12.0. The van der Waals surface area contributed by atoms with Gasteiger partial charge in [0, 0.05) is 5.69 Å². The number of amides is 1. The number of carboxylic acid groups (broad SMARTS) is 1. The number of carbonyl (C=O) groups excluding carboxylic acids is 1. The molecule has 1 saturated carbocycles. The molecule has 2 heterocycles. The number of aromatic carboxylic acids is 1. The van der Waals surface area contributed by atoms with Crippen LogP contribution >= 0.6 is 0 Å². The van der Waals surface area contributed by atoms with Gasteiger partial charge in [0.25, 0.3) is 5.91 Å². The van der Waals surface area contributed by atoms with Crippen molar-refractivity contribution in [2.75, 3.05) is 0 Å². The number of hydrogen-bond acceptors (Lipinski definition) is 4. The van der Waals surface area contributed by atoms with E-state index in [1.165, 1.54) is 6.33 Å². The Morgan fingerprint density at radius 3 is 2.82 bits per heavy atom. The van der Waals surface area contributed by atoms with Crippen LogP contribution in [-0.2, 0) is 0 Å². The molecule has 0 spiro atoms. The SMILES string of the molecule is Cc1cccc(C(NC(=O)c2nc[nH]c2C(=O)O)C2CC2)n1. The predicted molar refractivity (Wildman–Crippen MR) is 77.5 cm³/mol. The van der Waals surface area contributed by atoms with Gasteiger partial charge in [0.15, 0.2) is 11.4 Å². The Morgan fingerprint density at radius 2 is 2.18 bits per heavy atom. The van der Waals surface area contributed by atoms with Crippen LogP contribution in [0.15, 0.2) is 24.5 Å². The molecule has 1 fully saturated rings. The molecule has 114 valence electrons. The van der Waals surface area contributed by atoms with Gasteiger partial charge in [-0.15, -0.1) is 0 Å². The monoisotopic (exact) mass is 300 g/mol. The summed E-state index contributed by atoms with van der Waals surface area (Å²) in [5.41, 5.74) is 1.36. The predicted octanol–water partition coefficient (Wildman–Crippen LogP) is 1.69. The van der Waals surface area contributed by atoms with Crippen molar-refractivity contribution in [1.29, 1.82) is 0 Å². The third-order valence-electron chi connectivity index (χ3n) is 3.68. The number of aromatic amines is 1. The highest BCUT2D eigenvalue weighted by Crippen LogP contribution is 2.40. The molecule has 1 amide bonds. The number of hydrogen-bond donors (Lipinski definition) is 3. The lowest BCUT2D eigenvalue weighted by Gasteiger charge is -2.17. The van der Waals surface area contributed by atoms with Crippen molar-refractivity contribution >= 4 is 11.9 Å². The molecule has 0 aliphatic heterocycles. The number of nitrogens with one attached hydrogen (secondary N) is 2. The van der Waals surface area contributed by atoms with Gasteiger partial charge in [0.1, 0.15) is 0 Å². The third kappa shape index (κ3) is 2.83. The fraction of sp³-hybridized carbons (Fsp3) is 0.333. The van der Waals surface area contributed by atoms with Crippen molar-refractivity contribution in [2.24, 2.45) is 5.92 Å². The van der Waals surface area contributed by atoms with Gasteiger partial charge in [-0.25, -0.2) is 9.78 Å². The lowest BCUT2D eigenvalue weighted by molar-refractivity contribution is 0.0684. The van der Waals surface area contributed by atoms with E-state index >= 15 is 0 Å². The van der Waals surface area contributed by atoms with Gasteiger partial charge >= 0.3 is 5.97 Å². The van der Waals surface area contributed by atoms with Crippen molar-refractivity contribution in [3.8, 4) is 0 Å². The highest BCUT2D eigenvalue weighted by Gasteiger charge is 2.35. The van der Waals surface area contributed by atoms with Crippen molar-refractivity contribution in [1.82, 2.24) is 20.3 Å². The Hall–Kier alpha value is -2.70. The van der Waals surface area contributed by atoms with E-state index in [0.717, 1.165) is 24.2 Å². The molecule has 0 radical (unpaired) electrons. The Morgan fingerprint density at radius 1 is 1.41 bits per heavy atom. The van der Waals surface area contributed by atoms with Gasteiger partial charge in [-0.2, -0.15) is 0 Å². The number of rotatable bonds is 5. The Bertz CT molecular complexity index is 721. The summed E-state index contributed by atoms with van der Waals surface area (Å²) in [6.07, 6.45) is 3.25. The normalized spacial score (nSPS) is 15.3. The molecule has 1 aliphatic carbocycles. The molecular weight excluding hydrogens is 284 g/mol. The minimum Gasteiger partial charge on any atom is -0.477 e. The van der Waals surface area contributed by atoms with Crippen LogP contribution < -0.4 is 5.32 Å². The van der Waals surface area contributed by atoms with Crippen molar-refractivity contribution < 1.29 is 14.7 Å². The van der Waals surface area contributed by atoms with Crippen LogP contribution in [0, 0.1) is 12.8 Å². The van der Waals surface area contributed by atoms with Gasteiger partial charge in [-0.3, -0.25) is 9.78 Å². The first-order chi connectivity index (χ1) is 10.6. The second kappa shape index (κ2) is 5.59. The molecule has 2 aromatic heterocycles. The number of aromatic nitrogens is 3. The van der Waals surface area contributed by atoms with Gasteiger partial charge in [0.05, 0.1) is 18.1 Å². The summed E-state index contributed by atoms with van der Waals surface area (Å²) in [4.78, 5) is 34.2. The summed E-state index contributed by atoms with van der Waals surface area (Å²) >= 11 is 0. The molecule has 0 aromatic carbocycles. The first kappa shape index (κ1) is 14.2. The maximum Gasteiger partial charge on any atom is 0.354 e. The van der Waals surface area contributed by atoms with E-state index in [1.54, 1.807) is 0 Å². The average Bonchev–Trinajstić information content (AvgIpc) is 3.19. The first-order valence-corrected chi connectivity index (χ1v) is 7.07. The molecular formula is C15H16N4O3. The van der Waals surface area contributed by atoms with Crippen molar-refractivity contribution in [3.63, 3.8) is 0 Å². The largest absolute Gasteiger partial charge is 0.477 e. The fourth-order valence-corrected chi connectivity index (χ4v) is 2.44. The molecule has 3 N–H and O–H groups in total. The number of carbonyl (C=O) groups is 2. The quantitative estimate of drug-likeness (QED) is 0.778. The van der Waals surface area contributed by atoms with Crippen LogP contribution in [0.2, 0.25) is 0 Å². The van der Waals surface area contributed by atoms with E-state index in [9.17, 15) is 9.59 Å². The Kier molecular flexibility index (Phi) is 3.62. The van der Waals surface area contributed by atoms with Crippen LogP contribution in [0.4, 0.5) is 0 Å². The van der Waals surface area contributed by atoms with Gasteiger partial charge in [-0.1, -0.05) is 6.07 Å². The Balaban J connectivity index is 1.84. The number of aryl methyl sites for hydroxylation is 1. The highest BCUT2D eigenvalue weighted by molar-refractivity contribution is 6.02. The number of pyridine rings is 1. The molecule has 7 heteroatoms. The summed E-state index contributed by atoms with van der Waals surface area (Å²) in [5, 5.41) is 11.9. The molecule has 0 saturated heterocycles. The second-order valence-electron chi connectivity index (χ2n) is 5.42.